The minimum absolute atomic E-state index is 0.0164. The fraction of sp³-hybridized carbons (Fsp3) is 0.222. The van der Waals surface area contributed by atoms with E-state index < -0.39 is 12.0 Å². The highest BCUT2D eigenvalue weighted by atomic mass is 16.4. The average Bonchev–Trinajstić information content (AvgIpc) is 2.16. The lowest BCUT2D eigenvalue weighted by molar-refractivity contribution is -0.118. The smallest absolute Gasteiger partial charge is 0.336 e. The van der Waals surface area contributed by atoms with Crippen molar-refractivity contribution in [1.82, 2.24) is 4.98 Å². The molecule has 0 bridgehead atoms. The lowest BCUT2D eigenvalue weighted by Gasteiger charge is -2.09. The van der Waals surface area contributed by atoms with Crippen LogP contribution in [0.3, 0.4) is 0 Å². The molecule has 1 unspecified atom stereocenters. The van der Waals surface area contributed by atoms with Crippen molar-refractivity contribution in [2.75, 3.05) is 0 Å². The maximum atomic E-state index is 11.0. The van der Waals surface area contributed by atoms with Crippen LogP contribution in [0.1, 0.15) is 28.9 Å². The first-order valence-electron chi connectivity index (χ1n) is 3.97. The van der Waals surface area contributed by atoms with Crippen LogP contribution in [0.5, 0.6) is 0 Å². The number of ketones is 1. The summed E-state index contributed by atoms with van der Waals surface area (Å²) in [5.74, 6) is -1.40. The zero-order valence-corrected chi connectivity index (χ0v) is 7.60. The summed E-state index contributed by atoms with van der Waals surface area (Å²) in [7, 11) is 0. The standard InChI is InChI=1S/C9H10N2O3/c1-5(12)8(10)7-4-11-3-2-6(7)9(13)14/h2-4,8H,10H2,1H3,(H,13,14). The molecular weight excluding hydrogens is 184 g/mol. The van der Waals surface area contributed by atoms with Crippen LogP contribution in [0.2, 0.25) is 0 Å². The molecule has 0 aliphatic carbocycles. The Balaban J connectivity index is 3.19. The minimum Gasteiger partial charge on any atom is -0.478 e. The molecule has 3 N–H and O–H groups in total. The largest absolute Gasteiger partial charge is 0.478 e. The monoisotopic (exact) mass is 194 g/mol. The fourth-order valence-electron chi connectivity index (χ4n) is 1.07. The second kappa shape index (κ2) is 3.97. The van der Waals surface area contributed by atoms with E-state index in [0.717, 1.165) is 0 Å². The number of carbonyl (C=O) groups is 2. The van der Waals surface area contributed by atoms with E-state index in [1.165, 1.54) is 25.4 Å². The molecule has 0 saturated heterocycles. The summed E-state index contributed by atoms with van der Waals surface area (Å²) >= 11 is 0. The number of carboxylic acids is 1. The summed E-state index contributed by atoms with van der Waals surface area (Å²) in [6, 6.07) is 0.398. The summed E-state index contributed by atoms with van der Waals surface area (Å²) in [6.07, 6.45) is 2.65. The molecule has 1 rings (SSSR count). The molecule has 0 aliphatic rings. The van der Waals surface area contributed by atoms with Crippen molar-refractivity contribution in [3.8, 4) is 0 Å². The second-order valence-corrected chi connectivity index (χ2v) is 2.86. The summed E-state index contributed by atoms with van der Waals surface area (Å²) in [5.41, 5.74) is 5.78. The Bertz CT molecular complexity index is 376. The van der Waals surface area contributed by atoms with Crippen molar-refractivity contribution in [2.24, 2.45) is 5.73 Å². The van der Waals surface area contributed by atoms with Gasteiger partial charge >= 0.3 is 5.97 Å². The lowest BCUT2D eigenvalue weighted by Crippen LogP contribution is -2.21. The molecule has 14 heavy (non-hydrogen) atoms. The number of nitrogens with zero attached hydrogens (tertiary/aromatic N) is 1. The Morgan fingerprint density at radius 2 is 2.21 bits per heavy atom. The number of Topliss-reactive ketones (excluding diaryl/α,β-unsaturated/α-hetero) is 1. The summed E-state index contributed by atoms with van der Waals surface area (Å²) in [6.45, 7) is 1.31. The van der Waals surface area contributed by atoms with Crippen LogP contribution in [-0.4, -0.2) is 21.8 Å². The Morgan fingerprint density at radius 1 is 1.57 bits per heavy atom. The van der Waals surface area contributed by atoms with E-state index in [1.54, 1.807) is 0 Å². The SMILES string of the molecule is CC(=O)C(N)c1cnccc1C(=O)O. The van der Waals surface area contributed by atoms with Crippen LogP contribution in [0.4, 0.5) is 0 Å². The van der Waals surface area contributed by atoms with Gasteiger partial charge in [-0.15, -0.1) is 0 Å². The molecular formula is C9H10N2O3. The number of carbonyl (C=O) groups excluding carboxylic acids is 1. The first-order chi connectivity index (χ1) is 6.54. The maximum absolute atomic E-state index is 11.0. The molecule has 0 radical (unpaired) electrons. The van der Waals surface area contributed by atoms with Crippen molar-refractivity contribution in [1.29, 1.82) is 0 Å². The Hall–Kier alpha value is -1.75. The van der Waals surface area contributed by atoms with E-state index in [0.29, 0.717) is 0 Å². The van der Waals surface area contributed by atoms with Gasteiger partial charge in [0.1, 0.15) is 0 Å². The van der Waals surface area contributed by atoms with Crippen LogP contribution in [0.25, 0.3) is 0 Å². The van der Waals surface area contributed by atoms with E-state index in [4.69, 9.17) is 10.8 Å². The Morgan fingerprint density at radius 3 is 2.71 bits per heavy atom. The molecule has 1 aromatic heterocycles. The quantitative estimate of drug-likeness (QED) is 0.725. The topological polar surface area (TPSA) is 93.3 Å². The van der Waals surface area contributed by atoms with Gasteiger partial charge in [-0.1, -0.05) is 0 Å². The molecule has 0 aliphatic heterocycles. The number of rotatable bonds is 3. The van der Waals surface area contributed by atoms with E-state index >= 15 is 0 Å². The van der Waals surface area contributed by atoms with Crippen LogP contribution >= 0.6 is 0 Å². The predicted molar refractivity (Wildman–Crippen MR) is 48.8 cm³/mol. The van der Waals surface area contributed by atoms with Gasteiger partial charge in [-0.05, 0) is 13.0 Å². The number of aromatic carboxylic acids is 1. The molecule has 0 fully saturated rings. The van der Waals surface area contributed by atoms with Crippen molar-refractivity contribution < 1.29 is 14.7 Å². The van der Waals surface area contributed by atoms with Crippen LogP contribution in [0, 0.1) is 0 Å². The highest BCUT2D eigenvalue weighted by molar-refractivity contribution is 5.92. The highest BCUT2D eigenvalue weighted by Crippen LogP contribution is 2.15. The number of pyridine rings is 1. The zero-order valence-electron chi connectivity index (χ0n) is 7.60. The molecule has 1 atom stereocenters. The molecule has 0 saturated carbocycles. The third-order valence-corrected chi connectivity index (χ3v) is 1.86. The van der Waals surface area contributed by atoms with Gasteiger partial charge in [0.15, 0.2) is 5.78 Å². The molecule has 5 heteroatoms. The van der Waals surface area contributed by atoms with Crippen LogP contribution in [0.15, 0.2) is 18.5 Å². The van der Waals surface area contributed by atoms with Gasteiger partial charge in [-0.25, -0.2) is 4.79 Å². The number of carboxylic acid groups (broad SMARTS) is 1. The lowest BCUT2D eigenvalue weighted by atomic mass is 10.0. The average molecular weight is 194 g/mol. The number of nitrogens with two attached hydrogens (primary N) is 1. The van der Waals surface area contributed by atoms with E-state index in [1.807, 2.05) is 0 Å². The Labute approximate surface area is 80.6 Å². The maximum Gasteiger partial charge on any atom is 0.336 e. The number of hydrogen-bond acceptors (Lipinski definition) is 4. The third-order valence-electron chi connectivity index (χ3n) is 1.86. The molecule has 0 spiro atoms. The summed E-state index contributed by atoms with van der Waals surface area (Å²) in [4.78, 5) is 25.5. The van der Waals surface area contributed by atoms with Crippen molar-refractivity contribution >= 4 is 11.8 Å². The van der Waals surface area contributed by atoms with Crippen LogP contribution < -0.4 is 5.73 Å². The first kappa shape index (κ1) is 10.3. The van der Waals surface area contributed by atoms with E-state index in [9.17, 15) is 9.59 Å². The van der Waals surface area contributed by atoms with Gasteiger partial charge in [0, 0.05) is 18.0 Å². The van der Waals surface area contributed by atoms with Gasteiger partial charge in [0.2, 0.25) is 0 Å². The number of aromatic nitrogens is 1. The molecule has 0 amide bonds. The predicted octanol–water partition coefficient (Wildman–Crippen LogP) is 0.369. The second-order valence-electron chi connectivity index (χ2n) is 2.86. The normalized spacial score (nSPS) is 12.1. The van der Waals surface area contributed by atoms with Crippen LogP contribution in [-0.2, 0) is 4.79 Å². The first-order valence-corrected chi connectivity index (χ1v) is 3.97. The number of hydrogen-bond donors (Lipinski definition) is 2. The van der Waals surface area contributed by atoms with Gasteiger partial charge in [0.25, 0.3) is 0 Å². The fourth-order valence-corrected chi connectivity index (χ4v) is 1.07. The van der Waals surface area contributed by atoms with E-state index in [-0.39, 0.29) is 16.9 Å². The molecule has 74 valence electrons. The molecule has 1 heterocycles. The highest BCUT2D eigenvalue weighted by Gasteiger charge is 2.18. The van der Waals surface area contributed by atoms with Gasteiger partial charge in [-0.2, -0.15) is 0 Å². The van der Waals surface area contributed by atoms with Crippen molar-refractivity contribution in [3.05, 3.63) is 29.6 Å². The molecule has 1 aromatic rings. The van der Waals surface area contributed by atoms with Gasteiger partial charge in [-0.3, -0.25) is 9.78 Å². The molecule has 0 aromatic carbocycles. The van der Waals surface area contributed by atoms with Crippen molar-refractivity contribution in [3.63, 3.8) is 0 Å². The van der Waals surface area contributed by atoms with E-state index in [2.05, 4.69) is 4.98 Å². The summed E-state index contributed by atoms with van der Waals surface area (Å²) < 4.78 is 0. The van der Waals surface area contributed by atoms with Gasteiger partial charge < -0.3 is 10.8 Å². The van der Waals surface area contributed by atoms with Gasteiger partial charge in [0.05, 0.1) is 11.6 Å². The van der Waals surface area contributed by atoms with Crippen molar-refractivity contribution in [2.45, 2.75) is 13.0 Å². The minimum atomic E-state index is -1.11. The third kappa shape index (κ3) is 1.94. The zero-order chi connectivity index (χ0) is 10.7. The summed E-state index contributed by atoms with van der Waals surface area (Å²) in [5, 5.41) is 8.80. The Kier molecular flexibility index (Phi) is 2.93. The molecule has 5 nitrogen and oxygen atoms in total.